The Labute approximate surface area is 216 Å². The Morgan fingerprint density at radius 1 is 1.06 bits per heavy atom. The fraction of sp³-hybridized carbons (Fsp3) is 0.250. The number of hydrogen-bond acceptors (Lipinski definition) is 4. The number of halogens is 2. The molecular weight excluding hydrogens is 650 g/mol. The SMILES string of the molecule is Cc1ccc(S(=O)(=O)Nc2cc3c(cc2O)CCNC3Cc2cc(I)c(C)c(I)c2)cc1. The first-order chi connectivity index (χ1) is 15.1. The average molecular weight is 674 g/mol. The zero-order chi connectivity index (χ0) is 23.0. The van der Waals surface area contributed by atoms with Crippen molar-refractivity contribution < 1.29 is 13.5 Å². The molecule has 0 aliphatic carbocycles. The topological polar surface area (TPSA) is 78.4 Å². The van der Waals surface area contributed by atoms with Gasteiger partial charge in [-0.05, 0) is 137 Å². The molecule has 0 spiro atoms. The van der Waals surface area contributed by atoms with Crippen molar-refractivity contribution in [3.05, 3.63) is 83.5 Å². The summed E-state index contributed by atoms with van der Waals surface area (Å²) in [4.78, 5) is 0.165. The predicted octanol–water partition coefficient (Wildman–Crippen LogP) is 5.45. The van der Waals surface area contributed by atoms with Crippen LogP contribution >= 0.6 is 45.2 Å². The van der Waals surface area contributed by atoms with E-state index in [0.29, 0.717) is 0 Å². The van der Waals surface area contributed by atoms with Crippen LogP contribution < -0.4 is 10.0 Å². The van der Waals surface area contributed by atoms with Crippen molar-refractivity contribution >= 4 is 60.9 Å². The van der Waals surface area contributed by atoms with Crippen molar-refractivity contribution in [3.8, 4) is 5.75 Å². The molecule has 0 fully saturated rings. The molecule has 1 aliphatic rings. The molecule has 0 radical (unpaired) electrons. The molecule has 32 heavy (non-hydrogen) atoms. The summed E-state index contributed by atoms with van der Waals surface area (Å²) in [5.41, 5.74) is 5.75. The van der Waals surface area contributed by atoms with Crippen molar-refractivity contribution in [2.75, 3.05) is 11.3 Å². The zero-order valence-corrected chi connectivity index (χ0v) is 22.9. The van der Waals surface area contributed by atoms with Crippen LogP contribution in [0.15, 0.2) is 53.4 Å². The molecule has 0 aromatic heterocycles. The summed E-state index contributed by atoms with van der Waals surface area (Å²) in [6, 6.07) is 14.6. The van der Waals surface area contributed by atoms with Gasteiger partial charge in [0.15, 0.2) is 0 Å². The van der Waals surface area contributed by atoms with Gasteiger partial charge in [0.05, 0.1) is 10.6 Å². The van der Waals surface area contributed by atoms with Crippen LogP contribution in [0.5, 0.6) is 5.75 Å². The van der Waals surface area contributed by atoms with Gasteiger partial charge < -0.3 is 10.4 Å². The number of fused-ring (bicyclic) bond motifs is 1. The molecular formula is C24H24I2N2O3S. The summed E-state index contributed by atoms with van der Waals surface area (Å²) in [6.45, 7) is 4.84. The summed E-state index contributed by atoms with van der Waals surface area (Å²) in [7, 11) is -3.80. The van der Waals surface area contributed by atoms with E-state index in [-0.39, 0.29) is 22.4 Å². The fourth-order valence-electron chi connectivity index (χ4n) is 3.92. The van der Waals surface area contributed by atoms with Gasteiger partial charge in [0.1, 0.15) is 5.75 Å². The number of aromatic hydroxyl groups is 1. The average Bonchev–Trinajstić information content (AvgIpc) is 2.73. The van der Waals surface area contributed by atoms with E-state index in [2.05, 4.69) is 74.3 Å². The molecule has 3 aromatic carbocycles. The lowest BCUT2D eigenvalue weighted by molar-refractivity contribution is 0.469. The van der Waals surface area contributed by atoms with Gasteiger partial charge in [0.2, 0.25) is 0 Å². The monoisotopic (exact) mass is 674 g/mol. The number of nitrogens with one attached hydrogen (secondary N) is 2. The van der Waals surface area contributed by atoms with Crippen LogP contribution in [0.1, 0.15) is 33.9 Å². The Bertz CT molecular complexity index is 1250. The van der Waals surface area contributed by atoms with Crippen molar-refractivity contribution in [2.45, 2.75) is 37.6 Å². The number of benzene rings is 3. The summed E-state index contributed by atoms with van der Waals surface area (Å²) < 4.78 is 30.8. The quantitative estimate of drug-likeness (QED) is 0.249. The van der Waals surface area contributed by atoms with E-state index in [9.17, 15) is 13.5 Å². The Kier molecular flexibility index (Phi) is 7.04. The van der Waals surface area contributed by atoms with E-state index in [1.165, 1.54) is 18.3 Å². The van der Waals surface area contributed by atoms with Gasteiger partial charge in [-0.25, -0.2) is 8.42 Å². The second-order valence-electron chi connectivity index (χ2n) is 8.13. The smallest absolute Gasteiger partial charge is 0.262 e. The molecule has 3 N–H and O–H groups in total. The number of anilines is 1. The molecule has 1 unspecified atom stereocenters. The van der Waals surface area contributed by atoms with Gasteiger partial charge in [-0.15, -0.1) is 0 Å². The van der Waals surface area contributed by atoms with Crippen LogP contribution in [-0.2, 0) is 22.9 Å². The van der Waals surface area contributed by atoms with Crippen molar-refractivity contribution in [1.82, 2.24) is 5.32 Å². The summed E-state index contributed by atoms with van der Waals surface area (Å²) in [6.07, 6.45) is 1.57. The first-order valence-corrected chi connectivity index (χ1v) is 13.9. The number of hydrogen-bond donors (Lipinski definition) is 3. The minimum atomic E-state index is -3.80. The number of phenolic OH excluding ortho intramolecular Hbond substituents is 1. The van der Waals surface area contributed by atoms with Crippen LogP contribution in [0, 0.1) is 21.0 Å². The fourth-order valence-corrected chi connectivity index (χ4v) is 6.88. The van der Waals surface area contributed by atoms with Gasteiger partial charge in [-0.3, -0.25) is 4.72 Å². The van der Waals surface area contributed by atoms with Gasteiger partial charge >= 0.3 is 0 Å². The third-order valence-corrected chi connectivity index (χ3v) is 9.40. The van der Waals surface area contributed by atoms with E-state index in [4.69, 9.17) is 0 Å². The molecule has 0 bridgehead atoms. The van der Waals surface area contributed by atoms with Gasteiger partial charge in [-0.1, -0.05) is 17.7 Å². The number of sulfonamides is 1. The number of phenols is 1. The van der Waals surface area contributed by atoms with Crippen molar-refractivity contribution in [2.24, 2.45) is 0 Å². The molecule has 5 nitrogen and oxygen atoms in total. The van der Waals surface area contributed by atoms with Crippen LogP contribution in [-0.4, -0.2) is 20.1 Å². The third-order valence-electron chi connectivity index (χ3n) is 5.77. The largest absolute Gasteiger partial charge is 0.506 e. The molecule has 3 aromatic rings. The van der Waals surface area contributed by atoms with Crippen molar-refractivity contribution in [3.63, 3.8) is 0 Å². The molecule has 1 heterocycles. The van der Waals surface area contributed by atoms with E-state index in [1.807, 2.05) is 6.92 Å². The predicted molar refractivity (Wildman–Crippen MR) is 145 cm³/mol. The highest BCUT2D eigenvalue weighted by molar-refractivity contribution is 14.1. The first kappa shape index (κ1) is 23.8. The minimum Gasteiger partial charge on any atom is -0.506 e. The highest BCUT2D eigenvalue weighted by Crippen LogP contribution is 2.36. The Balaban J connectivity index is 1.66. The zero-order valence-electron chi connectivity index (χ0n) is 17.7. The van der Waals surface area contributed by atoms with Crippen LogP contribution in [0.25, 0.3) is 0 Å². The summed E-state index contributed by atoms with van der Waals surface area (Å²) in [5, 5.41) is 14.1. The van der Waals surface area contributed by atoms with E-state index < -0.39 is 10.0 Å². The molecule has 168 valence electrons. The van der Waals surface area contributed by atoms with E-state index in [1.54, 1.807) is 36.4 Å². The van der Waals surface area contributed by atoms with E-state index in [0.717, 1.165) is 36.1 Å². The maximum atomic E-state index is 12.9. The summed E-state index contributed by atoms with van der Waals surface area (Å²) >= 11 is 4.73. The standard InChI is InChI=1S/C24H24I2N2O3S/c1-14-3-5-18(6-4-14)32(30,31)28-23-13-19-17(12-24(23)29)7-8-27-22(19)11-16-9-20(25)15(2)21(26)10-16/h3-6,9-10,12-13,22,27-29H,7-8,11H2,1-2H3. The first-order valence-electron chi connectivity index (χ1n) is 10.3. The van der Waals surface area contributed by atoms with E-state index >= 15 is 0 Å². The maximum absolute atomic E-state index is 12.9. The molecule has 0 saturated heterocycles. The van der Waals surface area contributed by atoms with Gasteiger partial charge in [0.25, 0.3) is 10.0 Å². The van der Waals surface area contributed by atoms with Gasteiger partial charge in [0, 0.05) is 13.2 Å². The normalized spacial score (nSPS) is 15.9. The molecule has 0 saturated carbocycles. The maximum Gasteiger partial charge on any atom is 0.262 e. The lowest BCUT2D eigenvalue weighted by atomic mass is 9.89. The molecule has 4 rings (SSSR count). The third kappa shape index (κ3) is 5.07. The molecule has 1 atom stereocenters. The van der Waals surface area contributed by atoms with Gasteiger partial charge in [-0.2, -0.15) is 0 Å². The Morgan fingerprint density at radius 3 is 2.38 bits per heavy atom. The lowest BCUT2D eigenvalue weighted by Gasteiger charge is -2.28. The second kappa shape index (κ2) is 9.47. The Hall–Kier alpha value is -1.37. The minimum absolute atomic E-state index is 0.0382. The van der Waals surface area contributed by atoms with Crippen LogP contribution in [0.3, 0.4) is 0 Å². The summed E-state index contributed by atoms with van der Waals surface area (Å²) in [5.74, 6) is -0.0560. The second-order valence-corrected chi connectivity index (χ2v) is 12.1. The number of aryl methyl sites for hydroxylation is 1. The number of rotatable bonds is 5. The highest BCUT2D eigenvalue weighted by Gasteiger charge is 2.24. The van der Waals surface area contributed by atoms with Crippen LogP contribution in [0.2, 0.25) is 0 Å². The highest BCUT2D eigenvalue weighted by atomic mass is 127. The molecule has 1 aliphatic heterocycles. The molecule has 0 amide bonds. The lowest BCUT2D eigenvalue weighted by Crippen LogP contribution is -2.31. The van der Waals surface area contributed by atoms with Crippen molar-refractivity contribution in [1.29, 1.82) is 0 Å². The Morgan fingerprint density at radius 2 is 1.72 bits per heavy atom. The van der Waals surface area contributed by atoms with Crippen LogP contribution in [0.4, 0.5) is 5.69 Å². The molecule has 8 heteroatoms.